The summed E-state index contributed by atoms with van der Waals surface area (Å²) in [4.78, 5) is 11.3. The van der Waals surface area contributed by atoms with Gasteiger partial charge in [-0.1, -0.05) is 70.8 Å². The van der Waals surface area contributed by atoms with Gasteiger partial charge in [0.15, 0.2) is 0 Å². The average molecular weight is 280 g/mol. The third-order valence-electron chi connectivity index (χ3n) is 3.87. The Kier molecular flexibility index (Phi) is 10.3. The van der Waals surface area contributed by atoms with Crippen molar-refractivity contribution in [3.63, 3.8) is 0 Å². The van der Waals surface area contributed by atoms with Crippen molar-refractivity contribution in [2.75, 3.05) is 6.61 Å². The first kappa shape index (κ1) is 17.3. The van der Waals surface area contributed by atoms with Gasteiger partial charge in [0, 0.05) is 6.08 Å². The smallest absolute Gasteiger partial charge is 0.330 e. The van der Waals surface area contributed by atoms with Crippen LogP contribution in [0, 0.1) is 5.92 Å². The van der Waals surface area contributed by atoms with Crippen LogP contribution >= 0.6 is 0 Å². The summed E-state index contributed by atoms with van der Waals surface area (Å²) in [5.41, 5.74) is 0. The number of hydrogen-bond acceptors (Lipinski definition) is 2. The van der Waals surface area contributed by atoms with Crippen molar-refractivity contribution < 1.29 is 9.53 Å². The second-order valence-corrected chi connectivity index (χ2v) is 6.05. The first-order valence-corrected chi connectivity index (χ1v) is 8.68. The Bertz CT molecular complexity index is 267. The molecule has 0 aromatic carbocycles. The number of carbonyl (C=O) groups excluding carboxylic acids is 1. The monoisotopic (exact) mass is 280 g/mol. The Balaban J connectivity index is 1.74. The van der Waals surface area contributed by atoms with E-state index in [1.54, 1.807) is 6.08 Å². The van der Waals surface area contributed by atoms with E-state index in [1.807, 2.05) is 6.08 Å². The lowest BCUT2D eigenvalue weighted by Gasteiger charge is -2.03. The summed E-state index contributed by atoms with van der Waals surface area (Å²) in [7, 11) is 0. The third-order valence-corrected chi connectivity index (χ3v) is 3.87. The molecule has 0 amide bonds. The lowest BCUT2D eigenvalue weighted by Crippen LogP contribution is -2.02. The van der Waals surface area contributed by atoms with Crippen LogP contribution in [0.2, 0.25) is 0 Å². The van der Waals surface area contributed by atoms with Crippen LogP contribution in [0.25, 0.3) is 0 Å². The lowest BCUT2D eigenvalue weighted by atomic mass is 10.1. The molecule has 2 nitrogen and oxygen atoms in total. The Morgan fingerprint density at radius 3 is 2.05 bits per heavy atom. The van der Waals surface area contributed by atoms with Crippen LogP contribution in [0.3, 0.4) is 0 Å². The third kappa shape index (κ3) is 11.1. The van der Waals surface area contributed by atoms with Crippen molar-refractivity contribution >= 4 is 5.97 Å². The summed E-state index contributed by atoms with van der Waals surface area (Å²) in [5.74, 6) is 0.493. The zero-order chi connectivity index (χ0) is 14.5. The van der Waals surface area contributed by atoms with E-state index in [9.17, 15) is 4.79 Å². The minimum atomic E-state index is -0.159. The van der Waals surface area contributed by atoms with Crippen LogP contribution < -0.4 is 0 Å². The largest absolute Gasteiger partial charge is 0.463 e. The molecule has 0 unspecified atom stereocenters. The maximum atomic E-state index is 11.3. The molecule has 0 N–H and O–H groups in total. The van der Waals surface area contributed by atoms with Gasteiger partial charge in [0.1, 0.15) is 0 Å². The van der Waals surface area contributed by atoms with Gasteiger partial charge in [-0.05, 0) is 25.2 Å². The zero-order valence-electron chi connectivity index (χ0n) is 13.2. The fraction of sp³-hybridized carbons (Fsp3) is 0.833. The molecule has 1 aliphatic rings. The van der Waals surface area contributed by atoms with Gasteiger partial charge in [-0.15, -0.1) is 0 Å². The maximum absolute atomic E-state index is 11.3. The standard InChI is InChI=1S/C18H32O2/c1-2-3-4-5-6-7-8-9-10-11-16-20-18(19)15-14-17-12-13-17/h14-15,17H,2-13,16H2,1H3/b15-14+. The normalized spacial score (nSPS) is 14.8. The average Bonchev–Trinajstić information content (AvgIpc) is 3.27. The first-order valence-electron chi connectivity index (χ1n) is 8.68. The maximum Gasteiger partial charge on any atom is 0.330 e. The fourth-order valence-corrected chi connectivity index (χ4v) is 2.31. The van der Waals surface area contributed by atoms with E-state index in [4.69, 9.17) is 4.74 Å². The lowest BCUT2D eigenvalue weighted by molar-refractivity contribution is -0.137. The van der Waals surface area contributed by atoms with Gasteiger partial charge in [-0.3, -0.25) is 0 Å². The Labute approximate surface area is 125 Å². The summed E-state index contributed by atoms with van der Waals surface area (Å²) < 4.78 is 5.17. The van der Waals surface area contributed by atoms with Crippen molar-refractivity contribution in [3.05, 3.63) is 12.2 Å². The van der Waals surface area contributed by atoms with E-state index < -0.39 is 0 Å². The van der Waals surface area contributed by atoms with Crippen LogP contribution in [0.5, 0.6) is 0 Å². The molecule has 1 aliphatic carbocycles. The predicted molar refractivity (Wildman–Crippen MR) is 84.7 cm³/mol. The van der Waals surface area contributed by atoms with E-state index in [-0.39, 0.29) is 5.97 Å². The van der Waals surface area contributed by atoms with Gasteiger partial charge < -0.3 is 4.74 Å². The molecule has 1 fully saturated rings. The summed E-state index contributed by atoms with van der Waals surface area (Å²) in [6.45, 7) is 2.85. The van der Waals surface area contributed by atoms with Crippen LogP contribution in [-0.2, 0) is 9.53 Å². The van der Waals surface area contributed by atoms with E-state index in [2.05, 4.69) is 6.92 Å². The minimum Gasteiger partial charge on any atom is -0.463 e. The first-order chi connectivity index (χ1) is 9.83. The fourth-order valence-electron chi connectivity index (χ4n) is 2.31. The summed E-state index contributed by atoms with van der Waals surface area (Å²) in [5, 5.41) is 0. The molecule has 0 heterocycles. The topological polar surface area (TPSA) is 26.3 Å². The highest BCUT2D eigenvalue weighted by atomic mass is 16.5. The molecule has 0 radical (unpaired) electrons. The molecule has 0 aromatic rings. The van der Waals surface area contributed by atoms with Crippen molar-refractivity contribution in [2.45, 2.75) is 84.0 Å². The van der Waals surface area contributed by atoms with Gasteiger partial charge in [0.25, 0.3) is 0 Å². The van der Waals surface area contributed by atoms with Crippen LogP contribution in [0.15, 0.2) is 12.2 Å². The van der Waals surface area contributed by atoms with E-state index in [1.165, 1.54) is 70.6 Å². The predicted octanol–water partition coefficient (Wildman–Crippen LogP) is 5.42. The second-order valence-electron chi connectivity index (χ2n) is 6.05. The molecule has 1 saturated carbocycles. The van der Waals surface area contributed by atoms with E-state index >= 15 is 0 Å². The molecule has 20 heavy (non-hydrogen) atoms. The highest BCUT2D eigenvalue weighted by Gasteiger charge is 2.17. The quantitative estimate of drug-likeness (QED) is 0.256. The number of esters is 1. The molecule has 2 heteroatoms. The molecule has 1 rings (SSSR count). The number of rotatable bonds is 13. The van der Waals surface area contributed by atoms with Gasteiger partial charge in [-0.2, -0.15) is 0 Å². The van der Waals surface area contributed by atoms with Crippen LogP contribution in [-0.4, -0.2) is 12.6 Å². The zero-order valence-corrected chi connectivity index (χ0v) is 13.2. The number of hydrogen-bond donors (Lipinski definition) is 0. The molecule has 0 aliphatic heterocycles. The van der Waals surface area contributed by atoms with E-state index in [0.717, 1.165) is 6.42 Å². The molecular weight excluding hydrogens is 248 g/mol. The summed E-state index contributed by atoms with van der Waals surface area (Å²) in [6.07, 6.45) is 19.2. The van der Waals surface area contributed by atoms with Gasteiger partial charge in [-0.25, -0.2) is 4.79 Å². The van der Waals surface area contributed by atoms with Crippen molar-refractivity contribution in [1.82, 2.24) is 0 Å². The van der Waals surface area contributed by atoms with Crippen molar-refractivity contribution in [2.24, 2.45) is 5.92 Å². The van der Waals surface area contributed by atoms with Gasteiger partial charge >= 0.3 is 5.97 Å². The molecule has 116 valence electrons. The Morgan fingerprint density at radius 2 is 1.50 bits per heavy atom. The molecule has 0 atom stereocenters. The molecule has 0 saturated heterocycles. The minimum absolute atomic E-state index is 0.159. The molecule has 0 bridgehead atoms. The Morgan fingerprint density at radius 1 is 0.950 bits per heavy atom. The second kappa shape index (κ2) is 12.0. The van der Waals surface area contributed by atoms with Gasteiger partial charge in [0.2, 0.25) is 0 Å². The SMILES string of the molecule is CCCCCCCCCCCCOC(=O)/C=C/C1CC1. The summed E-state index contributed by atoms with van der Waals surface area (Å²) >= 11 is 0. The van der Waals surface area contributed by atoms with Crippen LogP contribution in [0.1, 0.15) is 84.0 Å². The number of unbranched alkanes of at least 4 members (excludes halogenated alkanes) is 9. The number of carbonyl (C=O) groups is 1. The van der Waals surface area contributed by atoms with Crippen molar-refractivity contribution in [1.29, 1.82) is 0 Å². The molecular formula is C18H32O2. The highest BCUT2D eigenvalue weighted by Crippen LogP contribution is 2.29. The van der Waals surface area contributed by atoms with Gasteiger partial charge in [0.05, 0.1) is 6.61 Å². The van der Waals surface area contributed by atoms with Crippen molar-refractivity contribution in [3.8, 4) is 0 Å². The van der Waals surface area contributed by atoms with E-state index in [0.29, 0.717) is 12.5 Å². The Hall–Kier alpha value is -0.790. The number of ether oxygens (including phenoxy) is 1. The summed E-state index contributed by atoms with van der Waals surface area (Å²) in [6, 6.07) is 0. The molecule has 0 spiro atoms. The number of allylic oxidation sites excluding steroid dienone is 1. The van der Waals surface area contributed by atoms with Crippen LogP contribution in [0.4, 0.5) is 0 Å². The molecule has 0 aromatic heterocycles. The highest BCUT2D eigenvalue weighted by molar-refractivity contribution is 5.81.